The highest BCUT2D eigenvalue weighted by molar-refractivity contribution is 5.83. The molecule has 0 spiro atoms. The third-order valence-corrected chi connectivity index (χ3v) is 4.14. The minimum Gasteiger partial charge on any atom is -0.361 e. The molecule has 0 radical (unpaired) electrons. The maximum atomic E-state index is 12.6. The number of aromatic nitrogens is 1. The Morgan fingerprint density at radius 2 is 2.15 bits per heavy atom. The molecule has 1 aliphatic carbocycles. The largest absolute Gasteiger partial charge is 0.361 e. The summed E-state index contributed by atoms with van der Waals surface area (Å²) in [6.45, 7) is 10.8. The molecule has 110 valence electrons. The van der Waals surface area contributed by atoms with Gasteiger partial charge in [0.1, 0.15) is 11.5 Å². The van der Waals surface area contributed by atoms with Gasteiger partial charge in [0.15, 0.2) is 0 Å². The summed E-state index contributed by atoms with van der Waals surface area (Å²) >= 11 is 0. The Bertz CT molecular complexity index is 538. The number of carbonyl (C=O) groups is 1. The van der Waals surface area contributed by atoms with Crippen LogP contribution in [0.2, 0.25) is 0 Å². The number of carbonyl (C=O) groups excluding carboxylic acids is 1. The van der Waals surface area contributed by atoms with E-state index < -0.39 is 0 Å². The van der Waals surface area contributed by atoms with E-state index in [9.17, 15) is 4.79 Å². The molecule has 4 heteroatoms. The zero-order valence-electron chi connectivity index (χ0n) is 13.2. The fourth-order valence-electron chi connectivity index (χ4n) is 2.87. The normalized spacial score (nSPS) is 23.3. The van der Waals surface area contributed by atoms with Gasteiger partial charge in [-0.15, -0.1) is 0 Å². The van der Waals surface area contributed by atoms with Crippen molar-refractivity contribution < 1.29 is 9.32 Å². The number of amides is 1. The highest BCUT2D eigenvalue weighted by atomic mass is 16.5. The molecular weight excluding hydrogens is 252 g/mol. The molecule has 0 unspecified atom stereocenters. The van der Waals surface area contributed by atoms with Crippen LogP contribution in [-0.2, 0) is 11.3 Å². The molecule has 2 rings (SSSR count). The molecule has 1 aliphatic rings. The van der Waals surface area contributed by atoms with Gasteiger partial charge in [0, 0.05) is 13.1 Å². The predicted molar refractivity (Wildman–Crippen MR) is 77.9 cm³/mol. The Balaban J connectivity index is 2.03. The van der Waals surface area contributed by atoms with Crippen molar-refractivity contribution in [3.8, 4) is 0 Å². The third kappa shape index (κ3) is 2.79. The summed E-state index contributed by atoms with van der Waals surface area (Å²) in [5.41, 5.74) is 2.13. The molecule has 1 aromatic heterocycles. The number of rotatable bonds is 4. The minimum atomic E-state index is 0.0579. The molecule has 1 amide bonds. The van der Waals surface area contributed by atoms with Gasteiger partial charge in [-0.1, -0.05) is 30.7 Å². The molecule has 0 saturated heterocycles. The second-order valence-corrected chi connectivity index (χ2v) is 6.69. The molecule has 1 saturated carbocycles. The number of aryl methyl sites for hydroxylation is 1. The van der Waals surface area contributed by atoms with Crippen LogP contribution in [0, 0.1) is 24.2 Å². The van der Waals surface area contributed by atoms with Crippen LogP contribution in [-0.4, -0.2) is 23.0 Å². The van der Waals surface area contributed by atoms with Crippen molar-refractivity contribution in [3.05, 3.63) is 29.2 Å². The first-order chi connectivity index (χ1) is 9.23. The van der Waals surface area contributed by atoms with Crippen molar-refractivity contribution in [2.24, 2.45) is 17.3 Å². The molecular formula is C16H24N2O2. The van der Waals surface area contributed by atoms with Crippen LogP contribution in [0.15, 0.2) is 22.2 Å². The molecule has 0 aliphatic heterocycles. The SMILES string of the molecule is CC(C)=C[C@H]1[C@H](C(=O)N(C)Cc2cc(C)on2)C1(C)C. The highest BCUT2D eigenvalue weighted by Crippen LogP contribution is 2.60. The Kier molecular flexibility index (Phi) is 3.76. The van der Waals surface area contributed by atoms with Gasteiger partial charge in [-0.2, -0.15) is 0 Å². The van der Waals surface area contributed by atoms with Gasteiger partial charge >= 0.3 is 0 Å². The zero-order chi connectivity index (χ0) is 15.1. The summed E-state index contributed by atoms with van der Waals surface area (Å²) in [6, 6.07) is 1.87. The van der Waals surface area contributed by atoms with Gasteiger partial charge in [0.05, 0.1) is 12.5 Å². The summed E-state index contributed by atoms with van der Waals surface area (Å²) in [7, 11) is 1.83. The van der Waals surface area contributed by atoms with Crippen molar-refractivity contribution >= 4 is 5.91 Å². The summed E-state index contributed by atoms with van der Waals surface area (Å²) in [5.74, 6) is 1.39. The van der Waals surface area contributed by atoms with Crippen LogP contribution >= 0.6 is 0 Å². The van der Waals surface area contributed by atoms with Gasteiger partial charge in [0.2, 0.25) is 5.91 Å². The van der Waals surface area contributed by atoms with Crippen molar-refractivity contribution in [3.63, 3.8) is 0 Å². The average Bonchev–Trinajstić information content (AvgIpc) is 2.68. The standard InChI is InChI=1S/C16H24N2O2/c1-10(2)7-13-14(16(13,4)5)15(19)18(6)9-12-8-11(3)20-17-12/h7-8,13-14H,9H2,1-6H3/t13-,14+/m0/s1. The fraction of sp³-hybridized carbons (Fsp3) is 0.625. The van der Waals surface area contributed by atoms with E-state index in [1.165, 1.54) is 5.57 Å². The second kappa shape index (κ2) is 5.08. The van der Waals surface area contributed by atoms with Crippen molar-refractivity contribution in [2.45, 2.75) is 41.2 Å². The van der Waals surface area contributed by atoms with E-state index in [1.807, 2.05) is 20.0 Å². The first kappa shape index (κ1) is 14.8. The molecule has 0 N–H and O–H groups in total. The molecule has 0 aromatic carbocycles. The molecule has 0 bridgehead atoms. The Morgan fingerprint density at radius 1 is 1.50 bits per heavy atom. The van der Waals surface area contributed by atoms with Gasteiger partial charge in [-0.25, -0.2) is 0 Å². The van der Waals surface area contributed by atoms with Crippen molar-refractivity contribution in [2.75, 3.05) is 7.05 Å². The molecule has 1 heterocycles. The molecule has 4 nitrogen and oxygen atoms in total. The lowest BCUT2D eigenvalue weighted by Crippen LogP contribution is -2.29. The van der Waals surface area contributed by atoms with E-state index >= 15 is 0 Å². The topological polar surface area (TPSA) is 46.3 Å². The summed E-state index contributed by atoms with van der Waals surface area (Å²) in [4.78, 5) is 14.3. The van der Waals surface area contributed by atoms with Crippen LogP contribution in [0.3, 0.4) is 0 Å². The van der Waals surface area contributed by atoms with E-state index in [2.05, 4.69) is 38.9 Å². The number of allylic oxidation sites excluding steroid dienone is 2. The molecule has 1 fully saturated rings. The maximum absolute atomic E-state index is 12.6. The first-order valence-corrected chi connectivity index (χ1v) is 7.05. The molecule has 1 aromatic rings. The summed E-state index contributed by atoms with van der Waals surface area (Å²) in [5, 5.41) is 3.94. The highest BCUT2D eigenvalue weighted by Gasteiger charge is 2.60. The Morgan fingerprint density at radius 3 is 2.65 bits per heavy atom. The van der Waals surface area contributed by atoms with E-state index in [-0.39, 0.29) is 17.2 Å². The maximum Gasteiger partial charge on any atom is 0.226 e. The Hall–Kier alpha value is -1.58. The van der Waals surface area contributed by atoms with Crippen molar-refractivity contribution in [1.29, 1.82) is 0 Å². The summed E-state index contributed by atoms with van der Waals surface area (Å²) in [6.07, 6.45) is 2.22. The lowest BCUT2D eigenvalue weighted by molar-refractivity contribution is -0.132. The number of nitrogens with zero attached hydrogens (tertiary/aromatic N) is 2. The number of hydrogen-bond donors (Lipinski definition) is 0. The number of hydrogen-bond acceptors (Lipinski definition) is 3. The van der Waals surface area contributed by atoms with Crippen LogP contribution in [0.1, 0.15) is 39.1 Å². The smallest absolute Gasteiger partial charge is 0.226 e. The van der Waals surface area contributed by atoms with E-state index in [1.54, 1.807) is 4.90 Å². The van der Waals surface area contributed by atoms with Crippen LogP contribution in [0.4, 0.5) is 0 Å². The lowest BCUT2D eigenvalue weighted by Gasteiger charge is -2.16. The first-order valence-electron chi connectivity index (χ1n) is 7.05. The van der Waals surface area contributed by atoms with Crippen LogP contribution in [0.25, 0.3) is 0 Å². The third-order valence-electron chi connectivity index (χ3n) is 4.14. The van der Waals surface area contributed by atoms with Crippen LogP contribution < -0.4 is 0 Å². The lowest BCUT2D eigenvalue weighted by atomic mass is 10.1. The van der Waals surface area contributed by atoms with Gasteiger partial charge in [-0.3, -0.25) is 4.79 Å². The van der Waals surface area contributed by atoms with Crippen molar-refractivity contribution in [1.82, 2.24) is 10.1 Å². The van der Waals surface area contributed by atoms with Gasteiger partial charge in [0.25, 0.3) is 0 Å². The van der Waals surface area contributed by atoms with Crippen LogP contribution in [0.5, 0.6) is 0 Å². The average molecular weight is 276 g/mol. The van der Waals surface area contributed by atoms with E-state index in [0.717, 1.165) is 11.5 Å². The Labute approximate surface area is 120 Å². The molecule has 20 heavy (non-hydrogen) atoms. The second-order valence-electron chi connectivity index (χ2n) is 6.69. The minimum absolute atomic E-state index is 0.0579. The summed E-state index contributed by atoms with van der Waals surface area (Å²) < 4.78 is 5.04. The zero-order valence-corrected chi connectivity index (χ0v) is 13.2. The quantitative estimate of drug-likeness (QED) is 0.793. The predicted octanol–water partition coefficient (Wildman–Crippen LogP) is 3.18. The van der Waals surface area contributed by atoms with E-state index in [0.29, 0.717) is 12.5 Å². The van der Waals surface area contributed by atoms with Gasteiger partial charge < -0.3 is 9.42 Å². The fourth-order valence-corrected chi connectivity index (χ4v) is 2.87. The van der Waals surface area contributed by atoms with Gasteiger partial charge in [-0.05, 0) is 32.1 Å². The monoisotopic (exact) mass is 276 g/mol. The molecule has 2 atom stereocenters. The van der Waals surface area contributed by atoms with E-state index in [4.69, 9.17) is 4.52 Å².